The molecule has 0 saturated heterocycles. The molecule has 1 unspecified atom stereocenters. The van der Waals surface area contributed by atoms with E-state index in [4.69, 9.17) is 5.73 Å². The standard InChI is InChI=1S/C11H17NO2S/c1-3-15(13,14)11-6-4-5-10(7-11)9(2)8-12/h4-7,9H,3,8,12H2,1-2H3. The molecule has 1 aromatic rings. The van der Waals surface area contributed by atoms with Crippen molar-refractivity contribution in [1.29, 1.82) is 0 Å². The minimum Gasteiger partial charge on any atom is -0.330 e. The molecule has 0 saturated carbocycles. The summed E-state index contributed by atoms with van der Waals surface area (Å²) in [6, 6.07) is 7.03. The number of benzene rings is 1. The van der Waals surface area contributed by atoms with Gasteiger partial charge in [-0.15, -0.1) is 0 Å². The second kappa shape index (κ2) is 4.77. The van der Waals surface area contributed by atoms with Crippen LogP contribution in [0.2, 0.25) is 0 Å². The van der Waals surface area contributed by atoms with Gasteiger partial charge in [0.05, 0.1) is 10.6 Å². The highest BCUT2D eigenvalue weighted by molar-refractivity contribution is 7.91. The number of hydrogen-bond acceptors (Lipinski definition) is 3. The van der Waals surface area contributed by atoms with Gasteiger partial charge in [0.2, 0.25) is 0 Å². The van der Waals surface area contributed by atoms with Crippen LogP contribution in [0.15, 0.2) is 29.2 Å². The first-order chi connectivity index (χ1) is 7.01. The van der Waals surface area contributed by atoms with Crippen LogP contribution in [-0.2, 0) is 9.84 Å². The highest BCUT2D eigenvalue weighted by atomic mass is 32.2. The van der Waals surface area contributed by atoms with Gasteiger partial charge in [0.1, 0.15) is 0 Å². The Kier molecular flexibility index (Phi) is 3.88. The third kappa shape index (κ3) is 2.79. The van der Waals surface area contributed by atoms with Crippen molar-refractivity contribution in [2.24, 2.45) is 5.73 Å². The van der Waals surface area contributed by atoms with Gasteiger partial charge < -0.3 is 5.73 Å². The van der Waals surface area contributed by atoms with Crippen molar-refractivity contribution in [2.75, 3.05) is 12.3 Å². The number of rotatable bonds is 4. The van der Waals surface area contributed by atoms with Crippen molar-refractivity contribution in [3.63, 3.8) is 0 Å². The van der Waals surface area contributed by atoms with Crippen LogP contribution < -0.4 is 5.73 Å². The molecule has 1 atom stereocenters. The summed E-state index contributed by atoms with van der Waals surface area (Å²) in [6.45, 7) is 4.15. The summed E-state index contributed by atoms with van der Waals surface area (Å²) in [6.07, 6.45) is 0. The highest BCUT2D eigenvalue weighted by Crippen LogP contribution is 2.19. The van der Waals surface area contributed by atoms with Crippen LogP contribution in [0, 0.1) is 0 Å². The van der Waals surface area contributed by atoms with Crippen molar-refractivity contribution < 1.29 is 8.42 Å². The molecule has 0 heterocycles. The molecule has 4 heteroatoms. The second-order valence-electron chi connectivity index (χ2n) is 3.61. The van der Waals surface area contributed by atoms with Crippen LogP contribution in [0.25, 0.3) is 0 Å². The zero-order valence-corrected chi connectivity index (χ0v) is 9.92. The summed E-state index contributed by atoms with van der Waals surface area (Å²) in [5.74, 6) is 0.324. The van der Waals surface area contributed by atoms with E-state index in [1.807, 2.05) is 13.0 Å². The fourth-order valence-electron chi connectivity index (χ4n) is 1.32. The monoisotopic (exact) mass is 227 g/mol. The molecule has 0 fully saturated rings. The van der Waals surface area contributed by atoms with Crippen LogP contribution in [0.1, 0.15) is 25.3 Å². The molecule has 3 nitrogen and oxygen atoms in total. The zero-order chi connectivity index (χ0) is 11.5. The quantitative estimate of drug-likeness (QED) is 0.848. The van der Waals surface area contributed by atoms with Gasteiger partial charge in [0, 0.05) is 0 Å². The van der Waals surface area contributed by atoms with Gasteiger partial charge in [0.25, 0.3) is 0 Å². The third-order valence-corrected chi connectivity index (χ3v) is 4.25. The number of hydrogen-bond donors (Lipinski definition) is 1. The average Bonchev–Trinajstić information content (AvgIpc) is 2.28. The van der Waals surface area contributed by atoms with E-state index in [2.05, 4.69) is 0 Å². The van der Waals surface area contributed by atoms with Crippen LogP contribution in [0.5, 0.6) is 0 Å². The maximum absolute atomic E-state index is 11.6. The third-order valence-electron chi connectivity index (χ3n) is 2.52. The summed E-state index contributed by atoms with van der Waals surface area (Å²) >= 11 is 0. The summed E-state index contributed by atoms with van der Waals surface area (Å²) in [5.41, 5.74) is 6.52. The summed E-state index contributed by atoms with van der Waals surface area (Å²) in [4.78, 5) is 0.391. The Morgan fingerprint density at radius 2 is 2.07 bits per heavy atom. The molecule has 1 aromatic carbocycles. The molecule has 0 bridgehead atoms. The van der Waals surface area contributed by atoms with Crippen molar-refractivity contribution in [1.82, 2.24) is 0 Å². The van der Waals surface area contributed by atoms with Gasteiger partial charge in [-0.3, -0.25) is 0 Å². The molecule has 0 spiro atoms. The topological polar surface area (TPSA) is 60.2 Å². The van der Waals surface area contributed by atoms with Crippen molar-refractivity contribution in [3.05, 3.63) is 29.8 Å². The Bertz CT molecular complexity index is 426. The van der Waals surface area contributed by atoms with Crippen molar-refractivity contribution >= 4 is 9.84 Å². The molecule has 0 aliphatic carbocycles. The van der Waals surface area contributed by atoms with Crippen LogP contribution in [0.3, 0.4) is 0 Å². The molecule has 0 radical (unpaired) electrons. The number of nitrogens with two attached hydrogens (primary N) is 1. The first kappa shape index (κ1) is 12.2. The van der Waals surface area contributed by atoms with E-state index in [-0.39, 0.29) is 11.7 Å². The molecule has 0 aromatic heterocycles. The molecular weight excluding hydrogens is 210 g/mol. The molecule has 84 valence electrons. The largest absolute Gasteiger partial charge is 0.330 e. The van der Waals surface area contributed by atoms with E-state index in [1.165, 1.54) is 0 Å². The van der Waals surface area contributed by atoms with E-state index < -0.39 is 9.84 Å². The van der Waals surface area contributed by atoms with Gasteiger partial charge in [-0.05, 0) is 30.2 Å². The fraction of sp³-hybridized carbons (Fsp3) is 0.455. The van der Waals surface area contributed by atoms with Crippen LogP contribution >= 0.6 is 0 Å². The minimum absolute atomic E-state index is 0.132. The lowest BCUT2D eigenvalue weighted by Crippen LogP contribution is -2.10. The number of sulfone groups is 1. The predicted octanol–water partition coefficient (Wildman–Crippen LogP) is 1.54. The molecule has 15 heavy (non-hydrogen) atoms. The summed E-state index contributed by atoms with van der Waals surface area (Å²) in [7, 11) is -3.10. The van der Waals surface area contributed by atoms with Gasteiger partial charge in [-0.2, -0.15) is 0 Å². The molecule has 0 aliphatic rings. The van der Waals surface area contributed by atoms with Crippen molar-refractivity contribution in [2.45, 2.75) is 24.7 Å². The SMILES string of the molecule is CCS(=O)(=O)c1cccc(C(C)CN)c1. The van der Waals surface area contributed by atoms with Gasteiger partial charge >= 0.3 is 0 Å². The molecule has 0 amide bonds. The first-order valence-corrected chi connectivity index (χ1v) is 6.69. The zero-order valence-electron chi connectivity index (χ0n) is 9.10. The maximum Gasteiger partial charge on any atom is 0.178 e. The second-order valence-corrected chi connectivity index (χ2v) is 5.89. The van der Waals surface area contributed by atoms with E-state index in [1.54, 1.807) is 25.1 Å². The minimum atomic E-state index is -3.10. The van der Waals surface area contributed by atoms with E-state index >= 15 is 0 Å². The van der Waals surface area contributed by atoms with Crippen LogP contribution in [-0.4, -0.2) is 20.7 Å². The lowest BCUT2D eigenvalue weighted by molar-refractivity contribution is 0.597. The first-order valence-electron chi connectivity index (χ1n) is 5.04. The normalized spacial score (nSPS) is 13.8. The maximum atomic E-state index is 11.6. The Hall–Kier alpha value is -0.870. The predicted molar refractivity (Wildman–Crippen MR) is 61.6 cm³/mol. The summed E-state index contributed by atoms with van der Waals surface area (Å²) < 4.78 is 23.3. The lowest BCUT2D eigenvalue weighted by atomic mass is 10.0. The molecule has 0 aliphatic heterocycles. The van der Waals surface area contributed by atoms with E-state index in [0.717, 1.165) is 5.56 Å². The van der Waals surface area contributed by atoms with E-state index in [0.29, 0.717) is 11.4 Å². The lowest BCUT2D eigenvalue weighted by Gasteiger charge is -2.10. The van der Waals surface area contributed by atoms with Gasteiger partial charge in [-0.25, -0.2) is 8.42 Å². The molecule has 1 rings (SSSR count). The Balaban J connectivity index is 3.14. The van der Waals surface area contributed by atoms with Crippen LogP contribution in [0.4, 0.5) is 0 Å². The van der Waals surface area contributed by atoms with Crippen molar-refractivity contribution in [3.8, 4) is 0 Å². The highest BCUT2D eigenvalue weighted by Gasteiger charge is 2.13. The smallest absolute Gasteiger partial charge is 0.178 e. The Morgan fingerprint density at radius 1 is 1.40 bits per heavy atom. The Morgan fingerprint density at radius 3 is 2.60 bits per heavy atom. The summed E-state index contributed by atoms with van der Waals surface area (Å²) in [5, 5.41) is 0. The molecule has 2 N–H and O–H groups in total. The Labute approximate surface area is 91.2 Å². The van der Waals surface area contributed by atoms with E-state index in [9.17, 15) is 8.42 Å². The average molecular weight is 227 g/mol. The van der Waals surface area contributed by atoms with Gasteiger partial charge in [0.15, 0.2) is 9.84 Å². The van der Waals surface area contributed by atoms with Gasteiger partial charge in [-0.1, -0.05) is 26.0 Å². The molecular formula is C11H17NO2S. The fourth-order valence-corrected chi connectivity index (χ4v) is 2.25.